The van der Waals surface area contributed by atoms with Crippen LogP contribution in [0.2, 0.25) is 5.02 Å². The number of aryl methyl sites for hydroxylation is 1. The highest BCUT2D eigenvalue weighted by Gasteiger charge is 2.28. The van der Waals surface area contributed by atoms with E-state index >= 15 is 0 Å². The second-order valence-electron chi connectivity index (χ2n) is 5.78. The molecule has 0 spiro atoms. The quantitative estimate of drug-likeness (QED) is 0.705. The Morgan fingerprint density at radius 2 is 1.92 bits per heavy atom. The Morgan fingerprint density at radius 3 is 2.54 bits per heavy atom. The first-order chi connectivity index (χ1) is 12.2. The van der Waals surface area contributed by atoms with Crippen molar-refractivity contribution in [3.8, 4) is 0 Å². The number of halogens is 1. The van der Waals surface area contributed by atoms with Gasteiger partial charge < -0.3 is 9.88 Å². The summed E-state index contributed by atoms with van der Waals surface area (Å²) >= 11 is 5.96. The SMILES string of the molecule is Cc1[nH]c(=O)[nH]c(=O)c1S(=O)(=O)Nc1cc(Cl)ccc1N1CCCC1=O. The summed E-state index contributed by atoms with van der Waals surface area (Å²) in [6.07, 6.45) is 1.03. The third kappa shape index (κ3) is 3.37. The van der Waals surface area contributed by atoms with Crippen LogP contribution >= 0.6 is 11.6 Å². The van der Waals surface area contributed by atoms with Gasteiger partial charge in [-0.2, -0.15) is 0 Å². The monoisotopic (exact) mass is 398 g/mol. The van der Waals surface area contributed by atoms with Gasteiger partial charge in [-0.05, 0) is 31.5 Å². The molecule has 9 nitrogen and oxygen atoms in total. The van der Waals surface area contributed by atoms with Gasteiger partial charge in [-0.15, -0.1) is 0 Å². The van der Waals surface area contributed by atoms with Crippen LogP contribution in [0.3, 0.4) is 0 Å². The van der Waals surface area contributed by atoms with Crippen molar-refractivity contribution in [3.63, 3.8) is 0 Å². The lowest BCUT2D eigenvalue weighted by molar-refractivity contribution is -0.117. The summed E-state index contributed by atoms with van der Waals surface area (Å²) in [7, 11) is -4.34. The highest BCUT2D eigenvalue weighted by atomic mass is 35.5. The second-order valence-corrected chi connectivity index (χ2v) is 7.83. The predicted molar refractivity (Wildman–Crippen MR) is 96.3 cm³/mol. The molecule has 1 saturated heterocycles. The van der Waals surface area contributed by atoms with Crippen molar-refractivity contribution in [1.29, 1.82) is 0 Å². The fraction of sp³-hybridized carbons (Fsp3) is 0.267. The molecule has 0 aliphatic carbocycles. The van der Waals surface area contributed by atoms with Crippen LogP contribution in [0.1, 0.15) is 18.5 Å². The van der Waals surface area contributed by atoms with Crippen LogP contribution in [0, 0.1) is 6.92 Å². The predicted octanol–water partition coefficient (Wildman–Crippen LogP) is 0.953. The highest BCUT2D eigenvalue weighted by Crippen LogP contribution is 2.33. The largest absolute Gasteiger partial charge is 0.325 e. The number of carbonyl (C=O) groups is 1. The van der Waals surface area contributed by atoms with Gasteiger partial charge in [0.15, 0.2) is 4.90 Å². The van der Waals surface area contributed by atoms with Crippen molar-refractivity contribution in [2.45, 2.75) is 24.7 Å². The minimum atomic E-state index is -4.34. The number of aromatic amines is 2. The van der Waals surface area contributed by atoms with Crippen LogP contribution < -0.4 is 20.9 Å². The van der Waals surface area contributed by atoms with E-state index in [9.17, 15) is 22.8 Å². The number of H-pyrrole nitrogens is 2. The van der Waals surface area contributed by atoms with E-state index in [4.69, 9.17) is 11.6 Å². The van der Waals surface area contributed by atoms with Crippen molar-refractivity contribution >= 4 is 38.9 Å². The molecule has 0 unspecified atom stereocenters. The molecule has 1 fully saturated rings. The van der Waals surface area contributed by atoms with Gasteiger partial charge in [0.05, 0.1) is 11.4 Å². The molecule has 2 heterocycles. The summed E-state index contributed by atoms with van der Waals surface area (Å²) in [6.45, 7) is 1.75. The van der Waals surface area contributed by atoms with Gasteiger partial charge in [0.2, 0.25) is 5.91 Å². The van der Waals surface area contributed by atoms with E-state index in [0.717, 1.165) is 0 Å². The van der Waals surface area contributed by atoms with Crippen molar-refractivity contribution < 1.29 is 13.2 Å². The Bertz CT molecular complexity index is 1110. The summed E-state index contributed by atoms with van der Waals surface area (Å²) in [5, 5.41) is 0.255. The van der Waals surface area contributed by atoms with Crippen LogP contribution in [0.5, 0.6) is 0 Å². The molecule has 0 saturated carbocycles. The molecule has 26 heavy (non-hydrogen) atoms. The number of hydrogen-bond donors (Lipinski definition) is 3. The third-order valence-corrected chi connectivity index (χ3v) is 5.66. The number of rotatable bonds is 4. The first kappa shape index (κ1) is 18.2. The van der Waals surface area contributed by atoms with Gasteiger partial charge in [0.25, 0.3) is 15.6 Å². The molecule has 3 N–H and O–H groups in total. The van der Waals surface area contributed by atoms with Crippen LogP contribution in [0.25, 0.3) is 0 Å². The molecule has 1 aromatic carbocycles. The smallest absolute Gasteiger partial charge is 0.310 e. The minimum Gasteiger partial charge on any atom is -0.310 e. The van der Waals surface area contributed by atoms with Gasteiger partial charge in [0.1, 0.15) is 0 Å². The van der Waals surface area contributed by atoms with E-state index in [1.807, 2.05) is 4.98 Å². The molecule has 0 radical (unpaired) electrons. The van der Waals surface area contributed by atoms with Gasteiger partial charge >= 0.3 is 5.69 Å². The maximum Gasteiger partial charge on any atom is 0.325 e. The van der Waals surface area contributed by atoms with Crippen molar-refractivity contribution in [3.05, 3.63) is 49.8 Å². The molecule has 0 atom stereocenters. The lowest BCUT2D eigenvalue weighted by atomic mass is 10.2. The van der Waals surface area contributed by atoms with Crippen molar-refractivity contribution in [2.75, 3.05) is 16.2 Å². The van der Waals surface area contributed by atoms with Crippen molar-refractivity contribution in [1.82, 2.24) is 9.97 Å². The molecular weight excluding hydrogens is 384 g/mol. The van der Waals surface area contributed by atoms with E-state index in [1.165, 1.54) is 24.0 Å². The molecule has 1 amide bonds. The summed E-state index contributed by atoms with van der Waals surface area (Å²) in [5.41, 5.74) is -1.54. The summed E-state index contributed by atoms with van der Waals surface area (Å²) in [4.78, 5) is 40.2. The Labute approximate surface area is 153 Å². The summed E-state index contributed by atoms with van der Waals surface area (Å²) < 4.78 is 27.7. The summed E-state index contributed by atoms with van der Waals surface area (Å²) in [5.74, 6) is -0.133. The minimum absolute atomic E-state index is 0.0674. The van der Waals surface area contributed by atoms with Crippen LogP contribution in [-0.4, -0.2) is 30.8 Å². The topological polar surface area (TPSA) is 132 Å². The maximum atomic E-state index is 12.7. The number of nitrogens with one attached hydrogen (secondary N) is 3. The van der Waals surface area contributed by atoms with E-state index in [0.29, 0.717) is 25.1 Å². The number of nitrogens with zero attached hydrogens (tertiary/aromatic N) is 1. The van der Waals surface area contributed by atoms with Gasteiger partial charge in [-0.3, -0.25) is 19.3 Å². The number of aromatic nitrogens is 2. The third-order valence-electron chi connectivity index (χ3n) is 3.91. The first-order valence-electron chi connectivity index (χ1n) is 7.65. The molecule has 11 heteroatoms. The Hall–Kier alpha value is -2.59. The second kappa shape index (κ2) is 6.61. The van der Waals surface area contributed by atoms with E-state index in [1.54, 1.807) is 6.07 Å². The maximum absolute atomic E-state index is 12.7. The van der Waals surface area contributed by atoms with Crippen LogP contribution in [0.15, 0.2) is 32.7 Å². The molecule has 1 aliphatic rings. The molecule has 1 aromatic heterocycles. The summed E-state index contributed by atoms with van der Waals surface area (Å²) in [6, 6.07) is 4.43. The van der Waals surface area contributed by atoms with E-state index < -0.39 is 26.2 Å². The number of hydrogen-bond acceptors (Lipinski definition) is 5. The zero-order valence-electron chi connectivity index (χ0n) is 13.6. The molecular formula is C15H15ClN4O5S. The fourth-order valence-corrected chi connectivity index (χ4v) is 4.31. The van der Waals surface area contributed by atoms with Gasteiger partial charge in [-0.25, -0.2) is 13.2 Å². The van der Waals surface area contributed by atoms with Crippen LogP contribution in [0.4, 0.5) is 11.4 Å². The normalized spacial score (nSPS) is 14.7. The molecule has 1 aliphatic heterocycles. The molecule has 0 bridgehead atoms. The fourth-order valence-electron chi connectivity index (χ4n) is 2.84. The Balaban J connectivity index is 2.09. The average Bonchev–Trinajstić information content (AvgIpc) is 2.91. The number of benzene rings is 1. The van der Waals surface area contributed by atoms with E-state index in [2.05, 4.69) is 9.71 Å². The standard InChI is InChI=1S/C15H15ClN4O5S/c1-8-13(14(22)18-15(23)17-8)26(24,25)19-10-7-9(16)4-5-11(10)20-6-2-3-12(20)21/h4-5,7,19H,2-3,6H2,1H3,(H2,17,18,22,23). The van der Waals surface area contributed by atoms with Gasteiger partial charge in [0, 0.05) is 23.7 Å². The highest BCUT2D eigenvalue weighted by molar-refractivity contribution is 7.92. The molecule has 138 valence electrons. The van der Waals surface area contributed by atoms with E-state index in [-0.39, 0.29) is 22.3 Å². The zero-order valence-corrected chi connectivity index (χ0v) is 15.2. The van der Waals surface area contributed by atoms with Crippen LogP contribution in [-0.2, 0) is 14.8 Å². The zero-order chi connectivity index (χ0) is 19.1. The lowest BCUT2D eigenvalue weighted by Gasteiger charge is -2.20. The lowest BCUT2D eigenvalue weighted by Crippen LogP contribution is -2.32. The Morgan fingerprint density at radius 1 is 1.19 bits per heavy atom. The number of amides is 1. The number of sulfonamides is 1. The number of carbonyl (C=O) groups excluding carboxylic acids is 1. The Kier molecular flexibility index (Phi) is 4.63. The number of anilines is 2. The average molecular weight is 399 g/mol. The molecule has 2 aromatic rings. The van der Waals surface area contributed by atoms with Gasteiger partial charge in [-0.1, -0.05) is 11.6 Å². The van der Waals surface area contributed by atoms with Crippen molar-refractivity contribution in [2.24, 2.45) is 0 Å². The molecule has 3 rings (SSSR count). The first-order valence-corrected chi connectivity index (χ1v) is 9.51.